The largest absolute Gasteiger partial charge is 0.398 e. The van der Waals surface area contributed by atoms with Gasteiger partial charge in [0, 0.05) is 22.4 Å². The van der Waals surface area contributed by atoms with Crippen molar-refractivity contribution in [3.63, 3.8) is 0 Å². The first kappa shape index (κ1) is 10.7. The van der Waals surface area contributed by atoms with E-state index in [2.05, 4.69) is 17.4 Å². The minimum atomic E-state index is 0.798. The van der Waals surface area contributed by atoms with Gasteiger partial charge >= 0.3 is 0 Å². The Kier molecular flexibility index (Phi) is 2.61. The van der Waals surface area contributed by atoms with E-state index in [0.29, 0.717) is 0 Å². The average molecular weight is 234 g/mol. The van der Waals surface area contributed by atoms with Crippen molar-refractivity contribution >= 4 is 27.8 Å². The van der Waals surface area contributed by atoms with Crippen molar-refractivity contribution in [1.29, 1.82) is 0 Å². The summed E-state index contributed by atoms with van der Waals surface area (Å²) in [5.74, 6) is 0. The number of nitrogens with one attached hydrogen (secondary N) is 1. The van der Waals surface area contributed by atoms with Gasteiger partial charge in [-0.1, -0.05) is 42.5 Å². The highest BCUT2D eigenvalue weighted by molar-refractivity contribution is 6.03. The number of nitrogen functional groups attached to an aromatic ring is 1. The predicted molar refractivity (Wildman–Crippen MR) is 78.1 cm³/mol. The van der Waals surface area contributed by atoms with Crippen LogP contribution in [-0.2, 0) is 0 Å². The fourth-order valence-electron chi connectivity index (χ4n) is 2.15. The summed E-state index contributed by atoms with van der Waals surface area (Å²) in [6.45, 7) is 0. The molecule has 0 fully saturated rings. The molecule has 0 atom stereocenters. The molecule has 3 aromatic carbocycles. The Morgan fingerprint density at radius 1 is 0.722 bits per heavy atom. The first-order valence-electron chi connectivity index (χ1n) is 5.94. The molecule has 88 valence electrons. The van der Waals surface area contributed by atoms with Crippen molar-refractivity contribution in [2.75, 3.05) is 11.1 Å². The molecule has 3 N–H and O–H groups in total. The number of benzene rings is 3. The van der Waals surface area contributed by atoms with E-state index in [-0.39, 0.29) is 0 Å². The van der Waals surface area contributed by atoms with Gasteiger partial charge in [-0.05, 0) is 29.7 Å². The van der Waals surface area contributed by atoms with E-state index in [0.717, 1.165) is 27.8 Å². The highest BCUT2D eigenvalue weighted by Gasteiger charge is 2.03. The van der Waals surface area contributed by atoms with Gasteiger partial charge in [0.15, 0.2) is 0 Å². The van der Waals surface area contributed by atoms with Crippen molar-refractivity contribution in [2.45, 2.75) is 0 Å². The van der Waals surface area contributed by atoms with Crippen LogP contribution < -0.4 is 11.1 Å². The fourth-order valence-corrected chi connectivity index (χ4v) is 2.15. The van der Waals surface area contributed by atoms with E-state index in [1.807, 2.05) is 54.6 Å². The van der Waals surface area contributed by atoms with E-state index >= 15 is 0 Å². The summed E-state index contributed by atoms with van der Waals surface area (Å²) in [5, 5.41) is 5.63. The Balaban J connectivity index is 2.12. The van der Waals surface area contributed by atoms with Crippen LogP contribution in [-0.4, -0.2) is 0 Å². The quantitative estimate of drug-likeness (QED) is 0.653. The predicted octanol–water partition coefficient (Wildman–Crippen LogP) is 4.17. The van der Waals surface area contributed by atoms with Gasteiger partial charge in [-0.2, -0.15) is 0 Å². The average Bonchev–Trinajstić information content (AvgIpc) is 2.40. The maximum absolute atomic E-state index is 6.07. The second kappa shape index (κ2) is 4.41. The van der Waals surface area contributed by atoms with E-state index in [1.165, 1.54) is 0 Å². The Labute approximate surface area is 106 Å². The molecule has 0 amide bonds. The van der Waals surface area contributed by atoms with Crippen molar-refractivity contribution < 1.29 is 0 Å². The van der Waals surface area contributed by atoms with Crippen LogP contribution in [0.4, 0.5) is 17.1 Å². The summed E-state index contributed by atoms with van der Waals surface area (Å²) in [7, 11) is 0. The fraction of sp³-hybridized carbons (Fsp3) is 0. The van der Waals surface area contributed by atoms with E-state index in [4.69, 9.17) is 5.73 Å². The third kappa shape index (κ3) is 1.89. The van der Waals surface area contributed by atoms with Crippen LogP contribution in [0.5, 0.6) is 0 Å². The Morgan fingerprint density at radius 3 is 2.22 bits per heavy atom. The number of fused-ring (bicyclic) bond motifs is 1. The number of hydrogen-bond acceptors (Lipinski definition) is 2. The summed E-state index contributed by atoms with van der Waals surface area (Å²) < 4.78 is 0. The summed E-state index contributed by atoms with van der Waals surface area (Å²) in [4.78, 5) is 0. The van der Waals surface area contributed by atoms with Crippen LogP contribution in [0.2, 0.25) is 0 Å². The van der Waals surface area contributed by atoms with Gasteiger partial charge in [0.2, 0.25) is 0 Å². The molecule has 0 unspecified atom stereocenters. The lowest BCUT2D eigenvalue weighted by atomic mass is 10.1. The normalized spacial score (nSPS) is 10.4. The number of nitrogens with two attached hydrogens (primary N) is 1. The van der Waals surface area contributed by atoms with Crippen molar-refractivity contribution in [3.05, 3.63) is 66.7 Å². The van der Waals surface area contributed by atoms with Gasteiger partial charge in [-0.3, -0.25) is 0 Å². The Hall–Kier alpha value is -2.48. The van der Waals surface area contributed by atoms with Gasteiger partial charge in [-0.15, -0.1) is 0 Å². The molecule has 0 radical (unpaired) electrons. The summed E-state index contributed by atoms with van der Waals surface area (Å²) >= 11 is 0. The van der Waals surface area contributed by atoms with Crippen molar-refractivity contribution in [1.82, 2.24) is 0 Å². The summed E-state index contributed by atoms with van der Waals surface area (Å²) in [5.41, 5.74) is 8.97. The summed E-state index contributed by atoms with van der Waals surface area (Å²) in [6, 6.07) is 22.2. The molecule has 2 heteroatoms. The number of para-hydroxylation sites is 1. The molecule has 0 aliphatic rings. The Bertz CT molecular complexity index is 670. The maximum Gasteiger partial charge on any atom is 0.0484 e. The lowest BCUT2D eigenvalue weighted by Gasteiger charge is -2.11. The molecule has 2 nitrogen and oxygen atoms in total. The van der Waals surface area contributed by atoms with Crippen molar-refractivity contribution in [2.24, 2.45) is 0 Å². The topological polar surface area (TPSA) is 38.0 Å². The minimum Gasteiger partial charge on any atom is -0.398 e. The minimum absolute atomic E-state index is 0.798. The molecule has 0 heterocycles. The molecule has 0 aliphatic heterocycles. The molecule has 3 aromatic rings. The SMILES string of the molecule is Nc1cccc2cccc(Nc3ccccc3)c12. The smallest absolute Gasteiger partial charge is 0.0484 e. The Morgan fingerprint density at radius 2 is 1.44 bits per heavy atom. The van der Waals surface area contributed by atoms with Crippen LogP contribution in [0.3, 0.4) is 0 Å². The lowest BCUT2D eigenvalue weighted by molar-refractivity contribution is 1.58. The molecule has 0 spiro atoms. The first-order valence-corrected chi connectivity index (χ1v) is 5.94. The molecular formula is C16H14N2. The second-order valence-corrected chi connectivity index (χ2v) is 4.24. The van der Waals surface area contributed by atoms with Crippen LogP contribution in [0.25, 0.3) is 10.8 Å². The van der Waals surface area contributed by atoms with E-state index < -0.39 is 0 Å². The zero-order valence-electron chi connectivity index (χ0n) is 9.93. The molecule has 0 saturated carbocycles. The van der Waals surface area contributed by atoms with Gasteiger partial charge < -0.3 is 11.1 Å². The standard InChI is InChI=1S/C16H14N2/c17-14-10-4-6-12-7-5-11-15(16(12)14)18-13-8-2-1-3-9-13/h1-11,18H,17H2. The van der Waals surface area contributed by atoms with Gasteiger partial charge in [-0.25, -0.2) is 0 Å². The lowest BCUT2D eigenvalue weighted by Crippen LogP contribution is -1.94. The highest BCUT2D eigenvalue weighted by Crippen LogP contribution is 2.30. The zero-order chi connectivity index (χ0) is 12.4. The molecule has 0 aromatic heterocycles. The third-order valence-electron chi connectivity index (χ3n) is 2.99. The second-order valence-electron chi connectivity index (χ2n) is 4.24. The van der Waals surface area contributed by atoms with Gasteiger partial charge in [0.25, 0.3) is 0 Å². The van der Waals surface area contributed by atoms with Crippen LogP contribution >= 0.6 is 0 Å². The molecule has 0 saturated heterocycles. The third-order valence-corrected chi connectivity index (χ3v) is 2.99. The maximum atomic E-state index is 6.07. The first-order chi connectivity index (χ1) is 8.84. The van der Waals surface area contributed by atoms with Crippen LogP contribution in [0.1, 0.15) is 0 Å². The van der Waals surface area contributed by atoms with E-state index in [9.17, 15) is 0 Å². The van der Waals surface area contributed by atoms with Gasteiger partial charge in [0.1, 0.15) is 0 Å². The van der Waals surface area contributed by atoms with Gasteiger partial charge in [0.05, 0.1) is 0 Å². The highest BCUT2D eigenvalue weighted by atomic mass is 14.9. The van der Waals surface area contributed by atoms with Crippen molar-refractivity contribution in [3.8, 4) is 0 Å². The molecular weight excluding hydrogens is 220 g/mol. The number of rotatable bonds is 2. The molecule has 0 aliphatic carbocycles. The number of anilines is 3. The molecule has 3 rings (SSSR count). The van der Waals surface area contributed by atoms with Crippen LogP contribution in [0, 0.1) is 0 Å². The van der Waals surface area contributed by atoms with E-state index in [1.54, 1.807) is 0 Å². The number of hydrogen-bond donors (Lipinski definition) is 2. The zero-order valence-corrected chi connectivity index (χ0v) is 9.93. The molecule has 18 heavy (non-hydrogen) atoms. The van der Waals surface area contributed by atoms with Crippen LogP contribution in [0.15, 0.2) is 66.7 Å². The monoisotopic (exact) mass is 234 g/mol. The molecule has 0 bridgehead atoms. The summed E-state index contributed by atoms with van der Waals surface area (Å²) in [6.07, 6.45) is 0.